The summed E-state index contributed by atoms with van der Waals surface area (Å²) in [5, 5.41) is 13.1. The number of piperidine rings is 1. The van der Waals surface area contributed by atoms with E-state index in [9.17, 15) is 9.90 Å². The van der Waals surface area contributed by atoms with E-state index >= 15 is 0 Å². The number of carbonyl (C=O) groups excluding carboxylic acids is 1. The first kappa shape index (κ1) is 20.1. The van der Waals surface area contributed by atoms with E-state index in [1.54, 1.807) is 19.2 Å². The standard InChI is InChI=1S/C21H26N6O3/c1-13(12-28)24-20(29)17-10-18(26-21(25-17)30-2)27-8-5-14(6-9-27)16-11-23-19-15(16)4-3-7-22-19/h3-4,7,10-11,13-14,28H,5-6,8-9,12H2,1-2H3,(H,22,23)(H,24,29)/t13-/m1/s1. The zero-order chi connectivity index (χ0) is 21.1. The summed E-state index contributed by atoms with van der Waals surface area (Å²) in [6.07, 6.45) is 5.80. The summed E-state index contributed by atoms with van der Waals surface area (Å²) in [6.45, 7) is 3.21. The molecule has 9 heteroatoms. The molecule has 30 heavy (non-hydrogen) atoms. The number of aromatic nitrogens is 4. The number of nitrogens with zero attached hydrogens (tertiary/aromatic N) is 4. The first-order valence-electron chi connectivity index (χ1n) is 10.1. The van der Waals surface area contributed by atoms with E-state index in [2.05, 4.69) is 42.4 Å². The van der Waals surface area contributed by atoms with Crippen molar-refractivity contribution in [1.29, 1.82) is 0 Å². The highest BCUT2D eigenvalue weighted by atomic mass is 16.5. The quantitative estimate of drug-likeness (QED) is 0.568. The van der Waals surface area contributed by atoms with E-state index < -0.39 is 0 Å². The van der Waals surface area contributed by atoms with Gasteiger partial charge < -0.3 is 25.0 Å². The molecule has 1 fully saturated rings. The Morgan fingerprint density at radius 3 is 2.93 bits per heavy atom. The summed E-state index contributed by atoms with van der Waals surface area (Å²) in [5.41, 5.74) is 2.45. The normalized spacial score (nSPS) is 15.9. The number of amides is 1. The first-order valence-corrected chi connectivity index (χ1v) is 10.1. The number of anilines is 1. The number of aliphatic hydroxyl groups excluding tert-OH is 1. The SMILES string of the molecule is COc1nc(C(=O)N[C@H](C)CO)cc(N2CCC(c3c[nH]c4ncccc34)CC2)n1. The molecule has 4 heterocycles. The number of ether oxygens (including phenoxy) is 1. The van der Waals surface area contributed by atoms with Crippen LogP contribution in [0.15, 0.2) is 30.6 Å². The second kappa shape index (κ2) is 8.66. The molecule has 0 saturated carbocycles. The molecule has 0 unspecified atom stereocenters. The van der Waals surface area contributed by atoms with E-state index in [-0.39, 0.29) is 30.3 Å². The fourth-order valence-electron chi connectivity index (χ4n) is 3.86. The van der Waals surface area contributed by atoms with Crippen LogP contribution in [0.4, 0.5) is 5.82 Å². The van der Waals surface area contributed by atoms with Gasteiger partial charge in [-0.15, -0.1) is 0 Å². The fraction of sp³-hybridized carbons (Fsp3) is 0.429. The Morgan fingerprint density at radius 1 is 1.40 bits per heavy atom. The van der Waals surface area contributed by atoms with Crippen LogP contribution in [0.25, 0.3) is 11.0 Å². The van der Waals surface area contributed by atoms with E-state index in [4.69, 9.17) is 4.74 Å². The lowest BCUT2D eigenvalue weighted by Gasteiger charge is -2.33. The molecule has 9 nitrogen and oxygen atoms in total. The first-order chi connectivity index (χ1) is 14.6. The molecule has 1 amide bonds. The third kappa shape index (κ3) is 4.06. The Kier molecular flexibility index (Phi) is 5.80. The topological polar surface area (TPSA) is 116 Å². The average Bonchev–Trinajstić information content (AvgIpc) is 3.23. The van der Waals surface area contributed by atoms with Crippen molar-refractivity contribution in [3.63, 3.8) is 0 Å². The Bertz CT molecular complexity index is 1030. The third-order valence-electron chi connectivity index (χ3n) is 5.50. The zero-order valence-corrected chi connectivity index (χ0v) is 17.1. The molecular weight excluding hydrogens is 384 g/mol. The zero-order valence-electron chi connectivity index (χ0n) is 17.1. The largest absolute Gasteiger partial charge is 0.467 e. The van der Waals surface area contributed by atoms with Crippen LogP contribution < -0.4 is 15.0 Å². The van der Waals surface area contributed by atoms with Crippen LogP contribution in [0, 0.1) is 0 Å². The minimum absolute atomic E-state index is 0.141. The van der Waals surface area contributed by atoms with E-state index in [0.717, 1.165) is 31.6 Å². The second-order valence-electron chi connectivity index (χ2n) is 7.56. The monoisotopic (exact) mass is 410 g/mol. The van der Waals surface area contributed by atoms with Gasteiger partial charge in [0.15, 0.2) is 0 Å². The lowest BCUT2D eigenvalue weighted by Crippen LogP contribution is -2.36. The average molecular weight is 410 g/mol. The molecule has 0 spiro atoms. The minimum atomic E-state index is -0.361. The molecule has 3 aromatic rings. The number of methoxy groups -OCH3 is 1. The van der Waals surface area contributed by atoms with Crippen LogP contribution in [0.2, 0.25) is 0 Å². The van der Waals surface area contributed by atoms with Crippen LogP contribution in [0.5, 0.6) is 6.01 Å². The van der Waals surface area contributed by atoms with Crippen LogP contribution in [-0.2, 0) is 0 Å². The predicted molar refractivity (Wildman–Crippen MR) is 113 cm³/mol. The maximum Gasteiger partial charge on any atom is 0.318 e. The van der Waals surface area contributed by atoms with Crippen molar-refractivity contribution in [2.75, 3.05) is 31.7 Å². The fourth-order valence-corrected chi connectivity index (χ4v) is 3.86. The lowest BCUT2D eigenvalue weighted by atomic mass is 9.89. The van der Waals surface area contributed by atoms with E-state index in [1.165, 1.54) is 18.1 Å². The van der Waals surface area contributed by atoms with E-state index in [1.807, 2.05) is 6.07 Å². The van der Waals surface area contributed by atoms with Gasteiger partial charge in [0, 0.05) is 43.0 Å². The maximum atomic E-state index is 12.5. The molecule has 0 radical (unpaired) electrons. The molecule has 3 aromatic heterocycles. The summed E-state index contributed by atoms with van der Waals surface area (Å²) < 4.78 is 5.21. The molecule has 0 aliphatic carbocycles. The molecule has 1 aliphatic heterocycles. The Hall–Kier alpha value is -3.20. The molecule has 1 aliphatic rings. The Morgan fingerprint density at radius 2 is 2.20 bits per heavy atom. The van der Waals surface area contributed by atoms with Gasteiger partial charge in [-0.1, -0.05) is 0 Å². The van der Waals surface area contributed by atoms with Gasteiger partial charge in [0.05, 0.1) is 13.7 Å². The number of hydrogen-bond donors (Lipinski definition) is 3. The third-order valence-corrected chi connectivity index (χ3v) is 5.50. The highest BCUT2D eigenvalue weighted by Gasteiger charge is 2.25. The number of H-pyrrole nitrogens is 1. The van der Waals surface area contributed by atoms with Crippen molar-refractivity contribution in [3.05, 3.63) is 41.9 Å². The van der Waals surface area contributed by atoms with Gasteiger partial charge in [-0.05, 0) is 43.4 Å². The number of fused-ring (bicyclic) bond motifs is 1. The van der Waals surface area contributed by atoms with Gasteiger partial charge in [-0.3, -0.25) is 4.79 Å². The number of carbonyl (C=O) groups is 1. The van der Waals surface area contributed by atoms with Crippen molar-refractivity contribution >= 4 is 22.8 Å². The highest BCUT2D eigenvalue weighted by Crippen LogP contribution is 2.34. The minimum Gasteiger partial charge on any atom is -0.467 e. The predicted octanol–water partition coefficient (Wildman–Crippen LogP) is 1.86. The molecule has 3 N–H and O–H groups in total. The number of nitrogens with one attached hydrogen (secondary N) is 2. The number of hydrogen-bond acceptors (Lipinski definition) is 7. The van der Waals surface area contributed by atoms with Crippen molar-refractivity contribution in [2.24, 2.45) is 0 Å². The Balaban J connectivity index is 1.50. The van der Waals surface area contributed by atoms with Crippen molar-refractivity contribution in [3.8, 4) is 6.01 Å². The summed E-state index contributed by atoms with van der Waals surface area (Å²) in [4.78, 5) is 30.8. The van der Waals surface area contributed by atoms with Crippen molar-refractivity contribution < 1.29 is 14.6 Å². The molecule has 1 atom stereocenters. The van der Waals surface area contributed by atoms with Gasteiger partial charge in [0.25, 0.3) is 5.91 Å². The van der Waals surface area contributed by atoms with Crippen LogP contribution >= 0.6 is 0 Å². The number of pyridine rings is 1. The number of aromatic amines is 1. The number of aliphatic hydroxyl groups is 1. The molecule has 4 rings (SSSR count). The van der Waals surface area contributed by atoms with Crippen molar-refractivity contribution in [1.82, 2.24) is 25.3 Å². The molecule has 1 saturated heterocycles. The lowest BCUT2D eigenvalue weighted by molar-refractivity contribution is 0.0916. The van der Waals surface area contributed by atoms with Crippen LogP contribution in [-0.4, -0.2) is 63.8 Å². The van der Waals surface area contributed by atoms with Gasteiger partial charge in [-0.25, -0.2) is 4.98 Å². The highest BCUT2D eigenvalue weighted by molar-refractivity contribution is 5.93. The smallest absolute Gasteiger partial charge is 0.318 e. The molecular formula is C21H26N6O3. The summed E-state index contributed by atoms with van der Waals surface area (Å²) in [6, 6.07) is 5.54. The molecule has 158 valence electrons. The van der Waals surface area contributed by atoms with Gasteiger partial charge in [0.1, 0.15) is 17.2 Å². The second-order valence-corrected chi connectivity index (χ2v) is 7.56. The number of rotatable bonds is 6. The Labute approximate surface area is 174 Å². The summed E-state index contributed by atoms with van der Waals surface area (Å²) in [5.74, 6) is 0.749. The van der Waals surface area contributed by atoms with Gasteiger partial charge >= 0.3 is 6.01 Å². The van der Waals surface area contributed by atoms with Gasteiger partial charge in [0.2, 0.25) is 0 Å². The van der Waals surface area contributed by atoms with E-state index in [0.29, 0.717) is 11.7 Å². The maximum absolute atomic E-state index is 12.5. The summed E-state index contributed by atoms with van der Waals surface area (Å²) >= 11 is 0. The van der Waals surface area contributed by atoms with Crippen molar-refractivity contribution in [2.45, 2.75) is 31.7 Å². The van der Waals surface area contributed by atoms with Crippen LogP contribution in [0.3, 0.4) is 0 Å². The molecule has 0 bridgehead atoms. The summed E-state index contributed by atoms with van der Waals surface area (Å²) in [7, 11) is 1.48. The van der Waals surface area contributed by atoms with Gasteiger partial charge in [-0.2, -0.15) is 9.97 Å². The molecule has 0 aromatic carbocycles. The van der Waals surface area contributed by atoms with Crippen LogP contribution in [0.1, 0.15) is 41.7 Å².